The van der Waals surface area contributed by atoms with Crippen molar-refractivity contribution in [2.75, 3.05) is 18.0 Å². The highest BCUT2D eigenvalue weighted by Crippen LogP contribution is 2.23. The molecule has 7 heteroatoms. The monoisotopic (exact) mass is 292 g/mol. The Balaban J connectivity index is 2.21. The standard InChI is InChI=1S/C14H16N2O5/c1-2-11(14(20)21)16-12(18)7-15(8-13(16)19)9-4-3-5-10(17)6-9/h3-6,11,17H,2,7-8H2,1H3,(H,20,21). The molecule has 21 heavy (non-hydrogen) atoms. The van der Waals surface area contributed by atoms with E-state index < -0.39 is 23.8 Å². The molecule has 0 bridgehead atoms. The van der Waals surface area contributed by atoms with Crippen molar-refractivity contribution < 1.29 is 24.6 Å². The first-order chi connectivity index (χ1) is 9.93. The highest BCUT2D eigenvalue weighted by molar-refractivity contribution is 6.05. The van der Waals surface area contributed by atoms with E-state index in [9.17, 15) is 19.5 Å². The van der Waals surface area contributed by atoms with Gasteiger partial charge in [-0.2, -0.15) is 0 Å². The topological polar surface area (TPSA) is 98.2 Å². The molecule has 0 spiro atoms. The van der Waals surface area contributed by atoms with Gasteiger partial charge in [-0.25, -0.2) is 4.79 Å². The van der Waals surface area contributed by atoms with E-state index in [0.717, 1.165) is 4.90 Å². The van der Waals surface area contributed by atoms with Crippen LogP contribution < -0.4 is 4.90 Å². The zero-order valence-corrected chi connectivity index (χ0v) is 11.5. The van der Waals surface area contributed by atoms with Crippen molar-refractivity contribution in [2.24, 2.45) is 0 Å². The maximum absolute atomic E-state index is 12.1. The first-order valence-electron chi connectivity index (χ1n) is 6.55. The van der Waals surface area contributed by atoms with Crippen LogP contribution in [0.1, 0.15) is 13.3 Å². The lowest BCUT2D eigenvalue weighted by atomic mass is 10.1. The number of aliphatic carboxylic acids is 1. The second-order valence-corrected chi connectivity index (χ2v) is 4.80. The Bertz CT molecular complexity index is 568. The molecule has 112 valence electrons. The van der Waals surface area contributed by atoms with Gasteiger partial charge in [0.1, 0.15) is 11.8 Å². The molecule has 2 rings (SSSR count). The first-order valence-corrected chi connectivity index (χ1v) is 6.55. The number of carboxylic acids is 1. The molecule has 1 aliphatic rings. The van der Waals surface area contributed by atoms with Crippen LogP contribution >= 0.6 is 0 Å². The van der Waals surface area contributed by atoms with Crippen molar-refractivity contribution in [3.63, 3.8) is 0 Å². The van der Waals surface area contributed by atoms with Gasteiger partial charge in [0.2, 0.25) is 11.8 Å². The molecule has 2 N–H and O–H groups in total. The Morgan fingerprint density at radius 3 is 2.38 bits per heavy atom. The Kier molecular flexibility index (Phi) is 4.11. The van der Waals surface area contributed by atoms with Gasteiger partial charge >= 0.3 is 5.97 Å². The van der Waals surface area contributed by atoms with Crippen molar-refractivity contribution >= 4 is 23.5 Å². The summed E-state index contributed by atoms with van der Waals surface area (Å²) in [5.41, 5.74) is 0.541. The molecule has 0 aromatic heterocycles. The third kappa shape index (κ3) is 2.96. The average Bonchev–Trinajstić information content (AvgIpc) is 2.42. The first kappa shape index (κ1) is 14.8. The lowest BCUT2D eigenvalue weighted by Gasteiger charge is -2.36. The van der Waals surface area contributed by atoms with E-state index in [1.54, 1.807) is 19.1 Å². The number of phenols is 1. The summed E-state index contributed by atoms with van der Waals surface area (Å²) in [6.07, 6.45) is 0.166. The summed E-state index contributed by atoms with van der Waals surface area (Å²) >= 11 is 0. The number of nitrogens with zero attached hydrogens (tertiary/aromatic N) is 2. The maximum atomic E-state index is 12.1. The Labute approximate surface area is 121 Å². The summed E-state index contributed by atoms with van der Waals surface area (Å²) in [6, 6.07) is 5.09. The van der Waals surface area contributed by atoms with Gasteiger partial charge in [-0.3, -0.25) is 14.5 Å². The lowest BCUT2D eigenvalue weighted by molar-refractivity contribution is -0.158. The number of rotatable bonds is 4. The molecule has 1 atom stereocenters. The zero-order chi connectivity index (χ0) is 15.6. The van der Waals surface area contributed by atoms with E-state index in [-0.39, 0.29) is 25.3 Å². The van der Waals surface area contributed by atoms with Crippen LogP contribution in [0.4, 0.5) is 5.69 Å². The quantitative estimate of drug-likeness (QED) is 0.781. The third-order valence-corrected chi connectivity index (χ3v) is 3.37. The molecule has 2 amide bonds. The molecule has 1 fully saturated rings. The smallest absolute Gasteiger partial charge is 0.326 e. The van der Waals surface area contributed by atoms with Crippen LogP contribution in [0.5, 0.6) is 5.75 Å². The molecule has 1 aliphatic heterocycles. The SMILES string of the molecule is CCC(C(=O)O)N1C(=O)CN(c2cccc(O)c2)CC1=O. The van der Waals surface area contributed by atoms with Gasteiger partial charge in [0.05, 0.1) is 13.1 Å². The predicted octanol–water partition coefficient (Wildman–Crippen LogP) is 0.431. The number of anilines is 1. The number of amides is 2. The van der Waals surface area contributed by atoms with Crippen molar-refractivity contribution in [3.8, 4) is 5.75 Å². The number of benzene rings is 1. The average molecular weight is 292 g/mol. The zero-order valence-electron chi connectivity index (χ0n) is 11.5. The summed E-state index contributed by atoms with van der Waals surface area (Å²) in [7, 11) is 0. The van der Waals surface area contributed by atoms with Gasteiger partial charge in [0.15, 0.2) is 0 Å². The number of hydrogen-bond donors (Lipinski definition) is 2. The summed E-state index contributed by atoms with van der Waals surface area (Å²) in [4.78, 5) is 37.7. The van der Waals surface area contributed by atoms with E-state index in [4.69, 9.17) is 5.11 Å². The molecule has 1 heterocycles. The van der Waals surface area contributed by atoms with Crippen LogP contribution in [0.2, 0.25) is 0 Å². The third-order valence-electron chi connectivity index (χ3n) is 3.37. The van der Waals surface area contributed by atoms with E-state index >= 15 is 0 Å². The molecule has 1 aromatic rings. The maximum Gasteiger partial charge on any atom is 0.326 e. The Morgan fingerprint density at radius 1 is 1.29 bits per heavy atom. The van der Waals surface area contributed by atoms with Gasteiger partial charge in [0.25, 0.3) is 0 Å². The second kappa shape index (κ2) is 5.82. The molecular formula is C14H16N2O5. The number of imide groups is 1. The number of phenolic OH excluding ortho intramolecular Hbond substituents is 1. The number of carbonyl (C=O) groups excluding carboxylic acids is 2. The van der Waals surface area contributed by atoms with Gasteiger partial charge in [-0.05, 0) is 18.6 Å². The van der Waals surface area contributed by atoms with Gasteiger partial charge in [-0.1, -0.05) is 13.0 Å². The van der Waals surface area contributed by atoms with E-state index in [1.807, 2.05) is 0 Å². The van der Waals surface area contributed by atoms with Crippen LogP contribution in [-0.4, -0.2) is 52.0 Å². The number of piperazine rings is 1. The van der Waals surface area contributed by atoms with Crippen LogP contribution in [0.15, 0.2) is 24.3 Å². The number of carboxylic acid groups (broad SMARTS) is 1. The number of carbonyl (C=O) groups is 3. The fourth-order valence-electron chi connectivity index (χ4n) is 2.36. The summed E-state index contributed by atoms with van der Waals surface area (Å²) < 4.78 is 0. The Morgan fingerprint density at radius 2 is 1.90 bits per heavy atom. The summed E-state index contributed by atoms with van der Waals surface area (Å²) in [6.45, 7) is 1.42. The highest BCUT2D eigenvalue weighted by Gasteiger charge is 2.38. The van der Waals surface area contributed by atoms with E-state index in [2.05, 4.69) is 0 Å². The van der Waals surface area contributed by atoms with Crippen LogP contribution in [0.25, 0.3) is 0 Å². The number of hydrogen-bond acceptors (Lipinski definition) is 5. The van der Waals surface area contributed by atoms with Crippen molar-refractivity contribution in [3.05, 3.63) is 24.3 Å². The predicted molar refractivity (Wildman–Crippen MR) is 73.9 cm³/mol. The molecular weight excluding hydrogens is 276 g/mol. The van der Waals surface area contributed by atoms with Gasteiger partial charge in [-0.15, -0.1) is 0 Å². The van der Waals surface area contributed by atoms with Crippen LogP contribution in [0.3, 0.4) is 0 Å². The second-order valence-electron chi connectivity index (χ2n) is 4.80. The normalized spacial score (nSPS) is 17.0. The van der Waals surface area contributed by atoms with Crippen LogP contribution in [0, 0.1) is 0 Å². The molecule has 0 radical (unpaired) electrons. The fraction of sp³-hybridized carbons (Fsp3) is 0.357. The summed E-state index contributed by atoms with van der Waals surface area (Å²) in [5.74, 6) is -2.26. The van der Waals surface area contributed by atoms with Crippen molar-refractivity contribution in [2.45, 2.75) is 19.4 Å². The number of aromatic hydroxyl groups is 1. The minimum atomic E-state index is -1.19. The molecule has 7 nitrogen and oxygen atoms in total. The van der Waals surface area contributed by atoms with E-state index in [0.29, 0.717) is 5.69 Å². The molecule has 1 unspecified atom stereocenters. The lowest BCUT2D eigenvalue weighted by Crippen LogP contribution is -2.59. The van der Waals surface area contributed by atoms with Gasteiger partial charge in [0, 0.05) is 11.8 Å². The van der Waals surface area contributed by atoms with Crippen molar-refractivity contribution in [1.82, 2.24) is 4.90 Å². The Hall–Kier alpha value is -2.57. The fourth-order valence-corrected chi connectivity index (χ4v) is 2.36. The highest BCUT2D eigenvalue weighted by atomic mass is 16.4. The molecule has 1 aromatic carbocycles. The molecule has 0 aliphatic carbocycles. The van der Waals surface area contributed by atoms with Crippen molar-refractivity contribution in [1.29, 1.82) is 0 Å². The minimum absolute atomic E-state index is 0.0341. The summed E-state index contributed by atoms with van der Waals surface area (Å²) in [5, 5.41) is 18.5. The molecule has 1 saturated heterocycles. The van der Waals surface area contributed by atoms with Gasteiger partial charge < -0.3 is 15.1 Å². The molecule has 0 saturated carbocycles. The van der Waals surface area contributed by atoms with Crippen LogP contribution in [-0.2, 0) is 14.4 Å². The minimum Gasteiger partial charge on any atom is -0.508 e. The van der Waals surface area contributed by atoms with E-state index in [1.165, 1.54) is 17.0 Å². The largest absolute Gasteiger partial charge is 0.508 e.